The molecule has 2 unspecified atom stereocenters. The van der Waals surface area contributed by atoms with E-state index in [9.17, 15) is 0 Å². The first-order chi connectivity index (χ1) is 9.63. The molecule has 2 atom stereocenters. The van der Waals surface area contributed by atoms with Crippen LogP contribution < -0.4 is 15.2 Å². The number of benzene rings is 1. The Labute approximate surface area is 131 Å². The van der Waals surface area contributed by atoms with Crippen molar-refractivity contribution in [1.82, 2.24) is 0 Å². The molecular formula is C15H18BrNO2S. The molecule has 0 amide bonds. The monoisotopic (exact) mass is 355 g/mol. The van der Waals surface area contributed by atoms with Crippen LogP contribution in [0.4, 0.5) is 0 Å². The highest BCUT2D eigenvalue weighted by atomic mass is 79.9. The molecule has 2 aromatic rings. The molecule has 3 nitrogen and oxygen atoms in total. The minimum atomic E-state index is -0.150. The second kappa shape index (κ2) is 7.11. The van der Waals surface area contributed by atoms with Crippen molar-refractivity contribution in [3.05, 3.63) is 45.1 Å². The Morgan fingerprint density at radius 2 is 2.00 bits per heavy atom. The summed E-state index contributed by atoms with van der Waals surface area (Å²) in [7, 11) is 1.64. The zero-order valence-electron chi connectivity index (χ0n) is 11.5. The van der Waals surface area contributed by atoms with Crippen LogP contribution in [0, 0.1) is 0 Å². The van der Waals surface area contributed by atoms with Gasteiger partial charge in [0.25, 0.3) is 0 Å². The van der Waals surface area contributed by atoms with Crippen LogP contribution in [-0.4, -0.2) is 13.2 Å². The van der Waals surface area contributed by atoms with Gasteiger partial charge in [0.1, 0.15) is 17.6 Å². The first-order valence-electron chi connectivity index (χ1n) is 6.45. The Bertz CT molecular complexity index is 558. The number of thiophene rings is 1. The average Bonchev–Trinajstić information content (AvgIpc) is 2.90. The van der Waals surface area contributed by atoms with Crippen molar-refractivity contribution in [3.8, 4) is 11.5 Å². The van der Waals surface area contributed by atoms with E-state index in [4.69, 9.17) is 15.2 Å². The maximum absolute atomic E-state index is 6.21. The highest BCUT2D eigenvalue weighted by Gasteiger charge is 2.22. The highest BCUT2D eigenvalue weighted by molar-refractivity contribution is 9.11. The van der Waals surface area contributed by atoms with Crippen LogP contribution in [0.2, 0.25) is 0 Å². The predicted molar refractivity (Wildman–Crippen MR) is 86.6 cm³/mol. The topological polar surface area (TPSA) is 44.5 Å². The Balaban J connectivity index is 2.23. The van der Waals surface area contributed by atoms with Gasteiger partial charge in [0.05, 0.1) is 10.9 Å². The third-order valence-electron chi connectivity index (χ3n) is 3.04. The molecule has 1 heterocycles. The third-order valence-corrected chi connectivity index (χ3v) is 4.72. The lowest BCUT2D eigenvalue weighted by molar-refractivity contribution is 0.174. The van der Waals surface area contributed by atoms with Crippen LogP contribution in [0.1, 0.15) is 24.3 Å². The van der Waals surface area contributed by atoms with E-state index >= 15 is 0 Å². The summed E-state index contributed by atoms with van der Waals surface area (Å²) in [6, 6.07) is 11.6. The molecule has 20 heavy (non-hydrogen) atoms. The lowest BCUT2D eigenvalue weighted by atomic mass is 10.1. The van der Waals surface area contributed by atoms with Gasteiger partial charge in [-0.1, -0.05) is 13.0 Å². The van der Waals surface area contributed by atoms with Gasteiger partial charge < -0.3 is 15.2 Å². The van der Waals surface area contributed by atoms with Gasteiger partial charge in [-0.15, -0.1) is 11.3 Å². The molecule has 0 aliphatic heterocycles. The van der Waals surface area contributed by atoms with Crippen molar-refractivity contribution in [2.75, 3.05) is 7.11 Å². The first kappa shape index (κ1) is 15.4. The second-order valence-electron chi connectivity index (χ2n) is 4.43. The molecular weight excluding hydrogens is 338 g/mol. The van der Waals surface area contributed by atoms with Gasteiger partial charge in [-0.3, -0.25) is 0 Å². The van der Waals surface area contributed by atoms with Crippen LogP contribution in [0.5, 0.6) is 11.5 Å². The lowest BCUT2D eigenvalue weighted by Crippen LogP contribution is -2.30. The standard InChI is InChI=1S/C15H18BrNO2S/c1-3-12(17)15(13-7-8-14(16)20-13)19-11-6-4-5-10(9-11)18-2/h4-9,12,15H,3,17H2,1-2H3. The maximum atomic E-state index is 6.21. The van der Waals surface area contributed by atoms with Crippen LogP contribution in [-0.2, 0) is 0 Å². The number of rotatable bonds is 6. The highest BCUT2D eigenvalue weighted by Crippen LogP contribution is 2.33. The molecule has 0 saturated carbocycles. The fraction of sp³-hybridized carbons (Fsp3) is 0.333. The van der Waals surface area contributed by atoms with Crippen LogP contribution in [0.3, 0.4) is 0 Å². The van der Waals surface area contributed by atoms with Gasteiger partial charge in [0.2, 0.25) is 0 Å². The van der Waals surface area contributed by atoms with Crippen molar-refractivity contribution >= 4 is 27.3 Å². The molecule has 0 aliphatic carbocycles. The normalized spacial score (nSPS) is 13.8. The van der Waals surface area contributed by atoms with E-state index in [0.717, 1.165) is 26.6 Å². The first-order valence-corrected chi connectivity index (χ1v) is 8.06. The van der Waals surface area contributed by atoms with Crippen LogP contribution >= 0.6 is 27.3 Å². The molecule has 108 valence electrons. The summed E-state index contributed by atoms with van der Waals surface area (Å²) in [6.07, 6.45) is 0.702. The predicted octanol–water partition coefficient (Wildman–Crippen LogP) is 4.38. The van der Waals surface area contributed by atoms with E-state index in [1.54, 1.807) is 18.4 Å². The summed E-state index contributed by atoms with van der Waals surface area (Å²) in [6.45, 7) is 2.06. The smallest absolute Gasteiger partial charge is 0.148 e. The van der Waals surface area contributed by atoms with Crippen molar-refractivity contribution in [3.63, 3.8) is 0 Å². The zero-order chi connectivity index (χ0) is 14.5. The van der Waals surface area contributed by atoms with E-state index in [1.165, 1.54) is 0 Å². The van der Waals surface area contributed by atoms with Crippen molar-refractivity contribution in [2.45, 2.75) is 25.5 Å². The van der Waals surface area contributed by atoms with Gasteiger partial charge in [0, 0.05) is 17.0 Å². The van der Waals surface area contributed by atoms with E-state index < -0.39 is 0 Å². The number of ether oxygens (including phenoxy) is 2. The van der Waals surface area contributed by atoms with Gasteiger partial charge in [-0.2, -0.15) is 0 Å². The maximum Gasteiger partial charge on any atom is 0.148 e. The third kappa shape index (κ3) is 3.75. The molecule has 2 rings (SSSR count). The average molecular weight is 356 g/mol. The summed E-state index contributed by atoms with van der Waals surface area (Å²) >= 11 is 5.13. The second-order valence-corrected chi connectivity index (χ2v) is 6.93. The van der Waals surface area contributed by atoms with E-state index in [-0.39, 0.29) is 12.1 Å². The largest absolute Gasteiger partial charge is 0.497 e. The Kier molecular flexibility index (Phi) is 5.46. The quantitative estimate of drug-likeness (QED) is 0.836. The molecule has 1 aromatic heterocycles. The summed E-state index contributed by atoms with van der Waals surface area (Å²) in [4.78, 5) is 1.12. The summed E-state index contributed by atoms with van der Waals surface area (Å²) in [5.41, 5.74) is 6.21. The van der Waals surface area contributed by atoms with Gasteiger partial charge in [-0.05, 0) is 46.6 Å². The Morgan fingerprint density at radius 3 is 2.60 bits per heavy atom. The molecule has 1 aromatic carbocycles. The molecule has 0 fully saturated rings. The summed E-state index contributed by atoms with van der Waals surface area (Å²) in [5, 5.41) is 0. The number of halogens is 1. The molecule has 0 bridgehead atoms. The molecule has 0 radical (unpaired) electrons. The van der Waals surface area contributed by atoms with Crippen LogP contribution in [0.25, 0.3) is 0 Å². The SMILES string of the molecule is CCC(N)C(Oc1cccc(OC)c1)c1ccc(Br)s1. The van der Waals surface area contributed by atoms with Crippen molar-refractivity contribution in [2.24, 2.45) is 5.73 Å². The van der Waals surface area contributed by atoms with Gasteiger partial charge >= 0.3 is 0 Å². The molecule has 2 N–H and O–H groups in total. The van der Waals surface area contributed by atoms with Crippen molar-refractivity contribution in [1.29, 1.82) is 0 Å². The number of methoxy groups -OCH3 is 1. The van der Waals surface area contributed by atoms with E-state index in [1.807, 2.05) is 30.3 Å². The van der Waals surface area contributed by atoms with E-state index in [0.29, 0.717) is 0 Å². The fourth-order valence-electron chi connectivity index (χ4n) is 1.87. The fourth-order valence-corrected chi connectivity index (χ4v) is 3.40. The van der Waals surface area contributed by atoms with E-state index in [2.05, 4.69) is 28.9 Å². The summed E-state index contributed by atoms with van der Waals surface area (Å²) in [5.74, 6) is 1.54. The number of hydrogen-bond donors (Lipinski definition) is 1. The lowest BCUT2D eigenvalue weighted by Gasteiger charge is -2.23. The molecule has 0 spiro atoms. The number of nitrogens with two attached hydrogens (primary N) is 1. The van der Waals surface area contributed by atoms with Crippen LogP contribution in [0.15, 0.2) is 40.2 Å². The minimum absolute atomic E-state index is 0.0493. The Morgan fingerprint density at radius 1 is 1.25 bits per heavy atom. The Hall–Kier alpha value is -1.04. The zero-order valence-corrected chi connectivity index (χ0v) is 13.9. The van der Waals surface area contributed by atoms with Gasteiger partial charge in [0.15, 0.2) is 0 Å². The summed E-state index contributed by atoms with van der Waals surface area (Å²) < 4.78 is 12.4. The molecule has 5 heteroatoms. The number of hydrogen-bond acceptors (Lipinski definition) is 4. The van der Waals surface area contributed by atoms with Crippen molar-refractivity contribution < 1.29 is 9.47 Å². The molecule has 0 saturated heterocycles. The molecule has 0 aliphatic rings. The van der Waals surface area contributed by atoms with Gasteiger partial charge in [-0.25, -0.2) is 0 Å². The minimum Gasteiger partial charge on any atom is -0.497 e.